The number of H-pyrrole nitrogens is 1. The van der Waals surface area contributed by atoms with Gasteiger partial charge in [-0.3, -0.25) is 0 Å². The van der Waals surface area contributed by atoms with Gasteiger partial charge in [0.25, 0.3) is 0 Å². The summed E-state index contributed by atoms with van der Waals surface area (Å²) >= 11 is 0. The molecule has 2 aromatic rings. The van der Waals surface area contributed by atoms with Gasteiger partial charge < -0.3 is 14.5 Å². The molecule has 19 heavy (non-hydrogen) atoms. The highest BCUT2D eigenvalue weighted by Crippen LogP contribution is 2.38. The van der Waals surface area contributed by atoms with Crippen LogP contribution in [0.1, 0.15) is 24.7 Å². The van der Waals surface area contributed by atoms with E-state index in [1.54, 1.807) is 14.2 Å². The van der Waals surface area contributed by atoms with Crippen molar-refractivity contribution < 1.29 is 9.47 Å². The van der Waals surface area contributed by atoms with Crippen molar-refractivity contribution >= 4 is 0 Å². The van der Waals surface area contributed by atoms with Gasteiger partial charge >= 0.3 is 0 Å². The molecule has 0 spiro atoms. The Labute approximate surface area is 113 Å². The van der Waals surface area contributed by atoms with Gasteiger partial charge in [-0.15, -0.1) is 0 Å². The van der Waals surface area contributed by atoms with Gasteiger partial charge in [0, 0.05) is 6.42 Å². The Kier molecular flexibility index (Phi) is 4.10. The number of hydrogen-bond acceptors (Lipinski definition) is 3. The summed E-state index contributed by atoms with van der Waals surface area (Å²) in [6.07, 6.45) is 3.84. The van der Waals surface area contributed by atoms with Crippen LogP contribution >= 0.6 is 0 Å². The molecule has 1 heterocycles. The third-order valence-electron chi connectivity index (χ3n) is 3.03. The molecule has 102 valence electrons. The molecule has 0 bridgehead atoms. The van der Waals surface area contributed by atoms with Crippen molar-refractivity contribution in [2.45, 2.75) is 26.7 Å². The van der Waals surface area contributed by atoms with Crippen LogP contribution in [0.2, 0.25) is 0 Å². The second-order valence-corrected chi connectivity index (χ2v) is 4.54. The Hall–Kier alpha value is -1.97. The van der Waals surface area contributed by atoms with Gasteiger partial charge in [-0.2, -0.15) is 0 Å². The van der Waals surface area contributed by atoms with E-state index in [-0.39, 0.29) is 0 Å². The third kappa shape index (κ3) is 2.72. The molecule has 0 amide bonds. The van der Waals surface area contributed by atoms with Crippen molar-refractivity contribution in [2.24, 2.45) is 0 Å². The number of aromatic amines is 1. The zero-order valence-electron chi connectivity index (χ0n) is 11.9. The molecule has 0 fully saturated rings. The van der Waals surface area contributed by atoms with Crippen LogP contribution in [0.25, 0.3) is 11.3 Å². The van der Waals surface area contributed by atoms with E-state index in [2.05, 4.69) is 16.9 Å². The minimum atomic E-state index is 0.795. The fraction of sp³-hybridized carbons (Fsp3) is 0.400. The van der Waals surface area contributed by atoms with Gasteiger partial charge in [-0.1, -0.05) is 6.92 Å². The SMILES string of the molecule is CCCc1ncc(-c2c(OC)cc(C)cc2OC)[nH]1. The van der Waals surface area contributed by atoms with Crippen molar-refractivity contribution in [1.29, 1.82) is 0 Å². The van der Waals surface area contributed by atoms with Gasteiger partial charge in [0.15, 0.2) is 0 Å². The molecule has 0 unspecified atom stereocenters. The molecule has 4 heteroatoms. The topological polar surface area (TPSA) is 47.1 Å². The fourth-order valence-electron chi connectivity index (χ4n) is 2.16. The predicted molar refractivity (Wildman–Crippen MR) is 75.9 cm³/mol. The summed E-state index contributed by atoms with van der Waals surface area (Å²) in [5.74, 6) is 2.58. The van der Waals surface area contributed by atoms with Crippen LogP contribution in [-0.2, 0) is 6.42 Å². The van der Waals surface area contributed by atoms with E-state index >= 15 is 0 Å². The summed E-state index contributed by atoms with van der Waals surface area (Å²) < 4.78 is 10.9. The quantitative estimate of drug-likeness (QED) is 0.896. The highest BCUT2D eigenvalue weighted by atomic mass is 16.5. The van der Waals surface area contributed by atoms with Crippen molar-refractivity contribution in [2.75, 3.05) is 14.2 Å². The first-order valence-corrected chi connectivity index (χ1v) is 6.46. The lowest BCUT2D eigenvalue weighted by Crippen LogP contribution is -1.95. The summed E-state index contributed by atoms with van der Waals surface area (Å²) in [5, 5.41) is 0. The number of imidazole rings is 1. The summed E-state index contributed by atoms with van der Waals surface area (Å²) in [7, 11) is 3.34. The number of nitrogens with zero attached hydrogens (tertiary/aromatic N) is 1. The van der Waals surface area contributed by atoms with Gasteiger partial charge in [0.05, 0.1) is 31.7 Å². The zero-order valence-corrected chi connectivity index (χ0v) is 11.9. The van der Waals surface area contributed by atoms with Crippen molar-refractivity contribution in [3.8, 4) is 22.8 Å². The van der Waals surface area contributed by atoms with Crippen LogP contribution in [0.15, 0.2) is 18.3 Å². The highest BCUT2D eigenvalue weighted by molar-refractivity contribution is 5.74. The minimum absolute atomic E-state index is 0.795. The number of aryl methyl sites for hydroxylation is 2. The lowest BCUT2D eigenvalue weighted by molar-refractivity contribution is 0.396. The Morgan fingerprint density at radius 3 is 2.32 bits per heavy atom. The summed E-state index contributed by atoms with van der Waals surface area (Å²) in [5.41, 5.74) is 2.95. The Morgan fingerprint density at radius 2 is 1.79 bits per heavy atom. The molecule has 0 saturated carbocycles. The van der Waals surface area contributed by atoms with Gasteiger partial charge in [-0.05, 0) is 31.0 Å². The fourth-order valence-corrected chi connectivity index (χ4v) is 2.16. The minimum Gasteiger partial charge on any atom is -0.496 e. The molecule has 0 saturated heterocycles. The Bertz CT molecular complexity index is 536. The number of nitrogens with one attached hydrogen (secondary N) is 1. The molecular weight excluding hydrogens is 240 g/mol. The second-order valence-electron chi connectivity index (χ2n) is 4.54. The molecule has 0 radical (unpaired) electrons. The molecular formula is C15H20N2O2. The average molecular weight is 260 g/mol. The zero-order chi connectivity index (χ0) is 13.8. The van der Waals surface area contributed by atoms with Crippen LogP contribution < -0.4 is 9.47 Å². The molecule has 2 rings (SSSR count). The number of hydrogen-bond donors (Lipinski definition) is 1. The first-order chi connectivity index (χ1) is 9.19. The van der Waals surface area contributed by atoms with Gasteiger partial charge in [0.2, 0.25) is 0 Å². The molecule has 0 aliphatic carbocycles. The van der Waals surface area contributed by atoms with Gasteiger partial charge in [0.1, 0.15) is 17.3 Å². The standard InChI is InChI=1S/C15H20N2O2/c1-5-6-14-16-9-11(17-14)15-12(18-3)7-10(2)8-13(15)19-4/h7-9H,5-6H2,1-4H3,(H,16,17). The van der Waals surface area contributed by atoms with E-state index in [1.807, 2.05) is 25.3 Å². The van der Waals surface area contributed by atoms with E-state index < -0.39 is 0 Å². The summed E-state index contributed by atoms with van der Waals surface area (Å²) in [4.78, 5) is 7.72. The number of methoxy groups -OCH3 is 2. The molecule has 1 aromatic carbocycles. The van der Waals surface area contributed by atoms with Crippen molar-refractivity contribution in [3.63, 3.8) is 0 Å². The Morgan fingerprint density at radius 1 is 1.16 bits per heavy atom. The second kappa shape index (κ2) is 5.78. The smallest absolute Gasteiger partial charge is 0.132 e. The van der Waals surface area contributed by atoms with E-state index in [4.69, 9.17) is 9.47 Å². The molecule has 0 aliphatic heterocycles. The lowest BCUT2D eigenvalue weighted by atomic mass is 10.1. The maximum absolute atomic E-state index is 5.46. The average Bonchev–Trinajstić information content (AvgIpc) is 2.86. The van der Waals surface area contributed by atoms with Crippen LogP contribution in [0.5, 0.6) is 11.5 Å². The van der Waals surface area contributed by atoms with Gasteiger partial charge in [-0.25, -0.2) is 4.98 Å². The molecule has 0 aliphatic rings. The molecule has 0 atom stereocenters. The molecule has 1 N–H and O–H groups in total. The first kappa shape index (κ1) is 13.5. The summed E-state index contributed by atoms with van der Waals surface area (Å²) in [6.45, 7) is 4.15. The van der Waals surface area contributed by atoms with E-state index in [0.29, 0.717) is 0 Å². The normalized spacial score (nSPS) is 10.5. The van der Waals surface area contributed by atoms with Crippen LogP contribution in [0.3, 0.4) is 0 Å². The maximum atomic E-state index is 5.46. The molecule has 1 aromatic heterocycles. The van der Waals surface area contributed by atoms with E-state index in [0.717, 1.165) is 47.0 Å². The maximum Gasteiger partial charge on any atom is 0.132 e. The number of benzene rings is 1. The Balaban J connectivity index is 2.52. The molecule has 4 nitrogen and oxygen atoms in total. The van der Waals surface area contributed by atoms with Crippen molar-refractivity contribution in [3.05, 3.63) is 29.7 Å². The number of aromatic nitrogens is 2. The van der Waals surface area contributed by atoms with E-state index in [1.165, 1.54) is 0 Å². The predicted octanol–water partition coefficient (Wildman–Crippen LogP) is 3.35. The van der Waals surface area contributed by atoms with E-state index in [9.17, 15) is 0 Å². The van der Waals surface area contributed by atoms with Crippen LogP contribution in [0.4, 0.5) is 0 Å². The number of rotatable bonds is 5. The van der Waals surface area contributed by atoms with Crippen LogP contribution in [-0.4, -0.2) is 24.2 Å². The van der Waals surface area contributed by atoms with Crippen LogP contribution in [0, 0.1) is 6.92 Å². The lowest BCUT2D eigenvalue weighted by Gasteiger charge is -2.13. The third-order valence-corrected chi connectivity index (χ3v) is 3.03. The monoisotopic (exact) mass is 260 g/mol. The largest absolute Gasteiger partial charge is 0.496 e. The highest BCUT2D eigenvalue weighted by Gasteiger charge is 2.15. The number of ether oxygens (including phenoxy) is 2. The summed E-state index contributed by atoms with van der Waals surface area (Å²) in [6, 6.07) is 4.00. The van der Waals surface area contributed by atoms with Crippen molar-refractivity contribution in [1.82, 2.24) is 9.97 Å². The first-order valence-electron chi connectivity index (χ1n) is 6.46.